The zero-order chi connectivity index (χ0) is 22.5. The molecule has 0 saturated carbocycles. The molecular weight excluding hydrogens is 394 g/mol. The van der Waals surface area contributed by atoms with E-state index in [-0.39, 0.29) is 11.3 Å². The molecule has 1 atom stereocenters. The summed E-state index contributed by atoms with van der Waals surface area (Å²) in [6.07, 6.45) is 1.48. The number of hydrogen-bond donors (Lipinski definition) is 1. The molecule has 1 saturated heterocycles. The predicted octanol–water partition coefficient (Wildman–Crippen LogP) is 4.02. The van der Waals surface area contributed by atoms with Gasteiger partial charge in [0.1, 0.15) is 11.5 Å². The third-order valence-electron chi connectivity index (χ3n) is 5.66. The van der Waals surface area contributed by atoms with Crippen molar-refractivity contribution in [3.8, 4) is 5.75 Å². The summed E-state index contributed by atoms with van der Waals surface area (Å²) in [5, 5.41) is 11.1. The van der Waals surface area contributed by atoms with Crippen LogP contribution in [0.1, 0.15) is 41.6 Å². The normalized spacial score (nSPS) is 17.9. The van der Waals surface area contributed by atoms with Gasteiger partial charge in [-0.1, -0.05) is 31.2 Å². The van der Waals surface area contributed by atoms with Crippen molar-refractivity contribution in [2.45, 2.75) is 32.7 Å². The Balaban J connectivity index is 2.11. The Morgan fingerprint density at radius 2 is 1.81 bits per heavy atom. The Morgan fingerprint density at radius 3 is 2.39 bits per heavy atom. The molecule has 0 spiro atoms. The highest BCUT2D eigenvalue weighted by Gasteiger charge is 2.45. The van der Waals surface area contributed by atoms with Gasteiger partial charge in [-0.3, -0.25) is 9.59 Å². The van der Waals surface area contributed by atoms with Crippen LogP contribution in [0.4, 0.5) is 0 Å². The average molecular weight is 424 g/mol. The van der Waals surface area contributed by atoms with Crippen molar-refractivity contribution >= 4 is 17.4 Å². The SMILES string of the molecule is CCc1ccc([C@H]2/C(=C(\O)c3ccc(OC)c(C)c3)C(=O)C(=O)N2CCCOC)cc1. The summed E-state index contributed by atoms with van der Waals surface area (Å²) in [6.45, 7) is 4.76. The van der Waals surface area contributed by atoms with Gasteiger partial charge in [0.05, 0.1) is 18.7 Å². The van der Waals surface area contributed by atoms with E-state index in [0.29, 0.717) is 30.9 Å². The van der Waals surface area contributed by atoms with Crippen LogP contribution in [0.2, 0.25) is 0 Å². The number of methoxy groups -OCH3 is 2. The predicted molar refractivity (Wildman–Crippen MR) is 119 cm³/mol. The van der Waals surface area contributed by atoms with Crippen molar-refractivity contribution < 1.29 is 24.2 Å². The number of Topliss-reactive ketones (excluding diaryl/α,β-unsaturated/α-hetero) is 1. The molecule has 0 aromatic heterocycles. The van der Waals surface area contributed by atoms with Gasteiger partial charge in [-0.2, -0.15) is 0 Å². The van der Waals surface area contributed by atoms with Crippen LogP contribution < -0.4 is 4.74 Å². The van der Waals surface area contributed by atoms with Crippen LogP contribution in [0.15, 0.2) is 48.0 Å². The number of aryl methyl sites for hydroxylation is 2. The topological polar surface area (TPSA) is 76.1 Å². The van der Waals surface area contributed by atoms with E-state index in [4.69, 9.17) is 9.47 Å². The second-order valence-electron chi connectivity index (χ2n) is 7.62. The van der Waals surface area contributed by atoms with Crippen molar-refractivity contribution in [3.63, 3.8) is 0 Å². The number of aliphatic hydroxyl groups is 1. The van der Waals surface area contributed by atoms with E-state index >= 15 is 0 Å². The van der Waals surface area contributed by atoms with E-state index in [1.165, 1.54) is 4.90 Å². The maximum absolute atomic E-state index is 13.0. The Bertz CT molecular complexity index is 993. The molecule has 1 aliphatic rings. The minimum absolute atomic E-state index is 0.108. The second-order valence-corrected chi connectivity index (χ2v) is 7.62. The lowest BCUT2D eigenvalue weighted by atomic mass is 9.94. The number of carbonyl (C=O) groups excluding carboxylic acids is 2. The van der Waals surface area contributed by atoms with Gasteiger partial charge in [-0.25, -0.2) is 0 Å². The molecule has 6 nitrogen and oxygen atoms in total. The van der Waals surface area contributed by atoms with E-state index in [9.17, 15) is 14.7 Å². The van der Waals surface area contributed by atoms with E-state index in [1.807, 2.05) is 31.2 Å². The maximum Gasteiger partial charge on any atom is 0.295 e. The summed E-state index contributed by atoms with van der Waals surface area (Å²) in [4.78, 5) is 27.4. The lowest BCUT2D eigenvalue weighted by molar-refractivity contribution is -0.140. The fraction of sp³-hybridized carbons (Fsp3) is 0.360. The molecule has 1 aliphatic heterocycles. The van der Waals surface area contributed by atoms with Crippen LogP contribution in [0, 0.1) is 6.92 Å². The third-order valence-corrected chi connectivity index (χ3v) is 5.66. The molecule has 31 heavy (non-hydrogen) atoms. The molecule has 2 aromatic carbocycles. The first-order valence-electron chi connectivity index (χ1n) is 10.4. The van der Waals surface area contributed by atoms with Gasteiger partial charge in [-0.15, -0.1) is 0 Å². The Morgan fingerprint density at radius 1 is 1.10 bits per heavy atom. The highest BCUT2D eigenvalue weighted by atomic mass is 16.5. The maximum atomic E-state index is 13.0. The largest absolute Gasteiger partial charge is 0.507 e. The molecule has 0 radical (unpaired) electrons. The number of ether oxygens (including phenoxy) is 2. The van der Waals surface area contributed by atoms with Gasteiger partial charge in [0.25, 0.3) is 11.7 Å². The van der Waals surface area contributed by atoms with Gasteiger partial charge in [0.15, 0.2) is 0 Å². The smallest absolute Gasteiger partial charge is 0.295 e. The third kappa shape index (κ3) is 4.49. The highest BCUT2D eigenvalue weighted by Crippen LogP contribution is 2.40. The van der Waals surface area contributed by atoms with Crippen molar-refractivity contribution in [2.75, 3.05) is 27.4 Å². The van der Waals surface area contributed by atoms with Crippen LogP contribution in [-0.2, 0) is 20.7 Å². The first-order valence-corrected chi connectivity index (χ1v) is 10.4. The molecule has 0 aliphatic carbocycles. The standard InChI is InChI=1S/C25H29NO5/c1-5-17-7-9-18(10-8-17)22-21(24(28)25(29)26(22)13-6-14-30-3)23(27)19-11-12-20(31-4)16(2)15-19/h7-12,15,22,27H,5-6,13-14H2,1-4H3/b23-21+/t22-/m0/s1. The Labute approximate surface area is 183 Å². The monoisotopic (exact) mass is 423 g/mol. The summed E-state index contributed by atoms with van der Waals surface area (Å²) in [5.41, 5.74) is 3.36. The molecule has 3 rings (SSSR count). The van der Waals surface area contributed by atoms with E-state index in [1.54, 1.807) is 32.4 Å². The first kappa shape index (κ1) is 22.6. The molecule has 0 bridgehead atoms. The molecule has 0 unspecified atom stereocenters. The van der Waals surface area contributed by atoms with Crippen LogP contribution >= 0.6 is 0 Å². The zero-order valence-electron chi connectivity index (χ0n) is 18.5. The molecule has 1 fully saturated rings. The number of benzene rings is 2. The fourth-order valence-electron chi connectivity index (χ4n) is 3.95. The van der Waals surface area contributed by atoms with Crippen LogP contribution in [0.3, 0.4) is 0 Å². The van der Waals surface area contributed by atoms with Gasteiger partial charge in [0.2, 0.25) is 0 Å². The number of ketones is 1. The lowest BCUT2D eigenvalue weighted by Gasteiger charge is -2.25. The van der Waals surface area contributed by atoms with Crippen LogP contribution in [0.25, 0.3) is 5.76 Å². The summed E-state index contributed by atoms with van der Waals surface area (Å²) < 4.78 is 10.4. The van der Waals surface area contributed by atoms with Crippen molar-refractivity contribution in [1.82, 2.24) is 4.90 Å². The number of nitrogens with zero attached hydrogens (tertiary/aromatic N) is 1. The van der Waals surface area contributed by atoms with E-state index < -0.39 is 17.7 Å². The van der Waals surface area contributed by atoms with Crippen molar-refractivity contribution in [1.29, 1.82) is 0 Å². The molecule has 1 N–H and O–H groups in total. The van der Waals surface area contributed by atoms with Gasteiger partial charge in [0, 0.05) is 25.8 Å². The average Bonchev–Trinajstić information content (AvgIpc) is 3.03. The van der Waals surface area contributed by atoms with E-state index in [0.717, 1.165) is 23.1 Å². The number of rotatable bonds is 8. The Hall–Kier alpha value is -3.12. The summed E-state index contributed by atoms with van der Waals surface area (Å²) in [7, 11) is 3.18. The van der Waals surface area contributed by atoms with Crippen molar-refractivity contribution in [2.24, 2.45) is 0 Å². The van der Waals surface area contributed by atoms with Crippen LogP contribution in [0.5, 0.6) is 5.75 Å². The van der Waals surface area contributed by atoms with Gasteiger partial charge >= 0.3 is 0 Å². The minimum atomic E-state index is -0.673. The number of likely N-dealkylation sites (tertiary alicyclic amines) is 1. The summed E-state index contributed by atoms with van der Waals surface area (Å²) in [5.74, 6) is -0.772. The second kappa shape index (κ2) is 9.79. The summed E-state index contributed by atoms with van der Waals surface area (Å²) >= 11 is 0. The molecular formula is C25H29NO5. The van der Waals surface area contributed by atoms with Crippen molar-refractivity contribution in [3.05, 3.63) is 70.3 Å². The molecule has 164 valence electrons. The number of aliphatic hydroxyl groups excluding tert-OH is 1. The summed E-state index contributed by atoms with van der Waals surface area (Å²) in [6, 6.07) is 12.4. The van der Waals surface area contributed by atoms with Gasteiger partial charge < -0.3 is 19.5 Å². The highest BCUT2D eigenvalue weighted by molar-refractivity contribution is 6.46. The zero-order valence-corrected chi connectivity index (χ0v) is 18.5. The lowest BCUT2D eigenvalue weighted by Crippen LogP contribution is -2.31. The van der Waals surface area contributed by atoms with Crippen LogP contribution in [-0.4, -0.2) is 49.1 Å². The number of amides is 1. The first-order chi connectivity index (χ1) is 14.9. The molecule has 1 amide bonds. The van der Waals surface area contributed by atoms with E-state index in [2.05, 4.69) is 6.92 Å². The van der Waals surface area contributed by atoms with Gasteiger partial charge in [-0.05, 0) is 54.7 Å². The molecule has 1 heterocycles. The minimum Gasteiger partial charge on any atom is -0.507 e. The molecule has 2 aromatic rings. The molecule has 6 heteroatoms. The number of carbonyl (C=O) groups is 2. The Kier molecular flexibility index (Phi) is 7.13. The fourth-order valence-corrected chi connectivity index (χ4v) is 3.95. The number of hydrogen-bond acceptors (Lipinski definition) is 5. The quantitative estimate of drug-likeness (QED) is 0.300.